The van der Waals surface area contributed by atoms with Crippen molar-refractivity contribution in [2.24, 2.45) is 0 Å². The van der Waals surface area contributed by atoms with Gasteiger partial charge in [0.1, 0.15) is 6.04 Å². The smallest absolute Gasteiger partial charge is 0.317 e. The van der Waals surface area contributed by atoms with Crippen LogP contribution >= 0.6 is 0 Å². The minimum absolute atomic E-state index is 0.0741. The number of nitrogens with zero attached hydrogens (tertiary/aromatic N) is 9. The van der Waals surface area contributed by atoms with Crippen molar-refractivity contribution in [3.63, 3.8) is 0 Å². The molecule has 3 aliphatic heterocycles. The highest BCUT2D eigenvalue weighted by Gasteiger charge is 2.47. The van der Waals surface area contributed by atoms with E-state index in [1.165, 1.54) is 12.3 Å². The van der Waals surface area contributed by atoms with Crippen LogP contribution in [0.5, 0.6) is 0 Å². The molecule has 5 N–H and O–H groups in total. The number of benzene rings is 1. The highest BCUT2D eigenvalue weighted by Crippen LogP contribution is 2.31. The number of alkyl halides is 2. The monoisotopic (exact) mass is 871 g/mol. The first-order valence-corrected chi connectivity index (χ1v) is 20.6. The van der Waals surface area contributed by atoms with Crippen LogP contribution in [-0.2, 0) is 24.0 Å². The van der Waals surface area contributed by atoms with Crippen molar-refractivity contribution in [1.82, 2.24) is 44.6 Å². The number of fused-ring (bicyclic) bond motifs is 1. The van der Waals surface area contributed by atoms with Gasteiger partial charge in [0.25, 0.3) is 11.8 Å². The topological polar surface area (TPSA) is 247 Å². The minimum atomic E-state index is -3.16. The molecule has 3 amide bonds. The number of likely N-dealkylation sites (tertiary alicyclic amines) is 1. The Kier molecular flexibility index (Phi) is 17.2. The Hall–Kier alpha value is -5.60. The summed E-state index contributed by atoms with van der Waals surface area (Å²) in [4.78, 5) is 90.2. The number of aromatic nitrogens is 1. The number of amides is 3. The van der Waals surface area contributed by atoms with Crippen LogP contribution in [0, 0.1) is 11.3 Å². The van der Waals surface area contributed by atoms with E-state index in [4.69, 9.17) is 0 Å². The third kappa shape index (κ3) is 14.5. The van der Waals surface area contributed by atoms with Gasteiger partial charge in [-0.05, 0) is 37.2 Å². The van der Waals surface area contributed by atoms with Crippen LogP contribution in [0.15, 0.2) is 30.5 Å². The van der Waals surface area contributed by atoms with E-state index in [-0.39, 0.29) is 50.7 Å². The third-order valence-electron chi connectivity index (χ3n) is 11.2. The lowest BCUT2D eigenvalue weighted by Gasteiger charge is -2.37. The molecule has 0 spiro atoms. The van der Waals surface area contributed by atoms with Gasteiger partial charge in [-0.25, -0.2) is 8.78 Å². The quantitative estimate of drug-likeness (QED) is 0.129. The summed E-state index contributed by atoms with van der Waals surface area (Å²) in [5, 5.41) is 44.0. The molecule has 3 saturated heterocycles. The van der Waals surface area contributed by atoms with Gasteiger partial charge >= 0.3 is 17.9 Å². The molecule has 0 unspecified atom stereocenters. The summed E-state index contributed by atoms with van der Waals surface area (Å²) in [5.41, 5.74) is 1.53. The van der Waals surface area contributed by atoms with Gasteiger partial charge in [0.15, 0.2) is 0 Å². The first-order valence-electron chi connectivity index (χ1n) is 20.6. The Morgan fingerprint density at radius 1 is 0.742 bits per heavy atom. The molecule has 0 aliphatic carbocycles. The van der Waals surface area contributed by atoms with Crippen molar-refractivity contribution in [3.8, 4) is 6.07 Å². The van der Waals surface area contributed by atoms with Crippen LogP contribution in [0.4, 0.5) is 14.5 Å². The van der Waals surface area contributed by atoms with E-state index < -0.39 is 61.2 Å². The molecule has 1 aromatic carbocycles. The Balaban J connectivity index is 1.08. The van der Waals surface area contributed by atoms with Crippen molar-refractivity contribution >= 4 is 52.2 Å². The van der Waals surface area contributed by atoms with Crippen molar-refractivity contribution in [2.45, 2.75) is 24.8 Å². The number of carboxylic acids is 3. The van der Waals surface area contributed by atoms with E-state index >= 15 is 0 Å². The second-order valence-electron chi connectivity index (χ2n) is 15.8. The number of rotatable bonds is 16. The molecule has 1 atom stereocenters. The van der Waals surface area contributed by atoms with Crippen LogP contribution in [0.1, 0.15) is 23.2 Å². The number of carbonyl (C=O) groups excluding carboxylic acids is 3. The predicted molar refractivity (Wildman–Crippen MR) is 220 cm³/mol. The lowest BCUT2D eigenvalue weighted by molar-refractivity contribution is -0.141. The highest BCUT2D eigenvalue weighted by atomic mass is 19.3. The van der Waals surface area contributed by atoms with Crippen molar-refractivity contribution in [2.75, 3.05) is 136 Å². The normalized spacial score (nSPS) is 20.2. The third-order valence-corrected chi connectivity index (χ3v) is 11.2. The summed E-state index contributed by atoms with van der Waals surface area (Å²) >= 11 is 0. The molecule has 62 heavy (non-hydrogen) atoms. The lowest BCUT2D eigenvalue weighted by Crippen LogP contribution is -2.53. The molecule has 1 aromatic heterocycles. The van der Waals surface area contributed by atoms with E-state index in [0.717, 1.165) is 23.6 Å². The Bertz CT molecular complexity index is 1930. The van der Waals surface area contributed by atoms with Crippen LogP contribution in [-0.4, -0.2) is 233 Å². The lowest BCUT2D eigenvalue weighted by atomic mass is 10.1. The summed E-state index contributed by atoms with van der Waals surface area (Å²) < 4.78 is 27.7. The van der Waals surface area contributed by atoms with E-state index in [0.29, 0.717) is 82.9 Å². The highest BCUT2D eigenvalue weighted by molar-refractivity contribution is 6.07. The zero-order valence-electron chi connectivity index (χ0n) is 34.6. The fraction of sp³-hybridized carbons (Fsp3) is 0.600. The average Bonchev–Trinajstić information content (AvgIpc) is 3.55. The molecule has 2 aromatic rings. The molecular formula is C40H55F2N11O9. The Morgan fingerprint density at radius 3 is 1.81 bits per heavy atom. The molecule has 0 radical (unpaired) electrons. The Labute approximate surface area is 357 Å². The van der Waals surface area contributed by atoms with Crippen molar-refractivity contribution in [1.29, 1.82) is 5.26 Å². The molecule has 22 heteroatoms. The predicted octanol–water partition coefficient (Wildman–Crippen LogP) is -0.854. The molecule has 338 valence electrons. The molecule has 0 bridgehead atoms. The van der Waals surface area contributed by atoms with Gasteiger partial charge in [-0.2, -0.15) is 5.26 Å². The number of pyridine rings is 1. The minimum Gasteiger partial charge on any atom is -0.480 e. The summed E-state index contributed by atoms with van der Waals surface area (Å²) in [7, 11) is 0. The van der Waals surface area contributed by atoms with Crippen LogP contribution in [0.3, 0.4) is 0 Å². The van der Waals surface area contributed by atoms with Gasteiger partial charge in [0.05, 0.1) is 56.4 Å². The van der Waals surface area contributed by atoms with Gasteiger partial charge in [-0.3, -0.25) is 58.3 Å². The van der Waals surface area contributed by atoms with Gasteiger partial charge in [-0.1, -0.05) is 0 Å². The number of carboxylic acid groups (broad SMARTS) is 3. The molecular weight excluding hydrogens is 817 g/mol. The number of anilines is 1. The molecule has 3 aliphatic rings. The fourth-order valence-corrected chi connectivity index (χ4v) is 7.83. The number of hydrogen-bond donors (Lipinski definition) is 5. The van der Waals surface area contributed by atoms with Crippen LogP contribution in [0.2, 0.25) is 0 Å². The van der Waals surface area contributed by atoms with E-state index in [1.807, 2.05) is 11.0 Å². The van der Waals surface area contributed by atoms with Gasteiger partial charge in [0.2, 0.25) is 11.8 Å². The maximum Gasteiger partial charge on any atom is 0.317 e. The van der Waals surface area contributed by atoms with Gasteiger partial charge < -0.3 is 35.8 Å². The summed E-state index contributed by atoms with van der Waals surface area (Å²) in [6.45, 7) is 4.22. The van der Waals surface area contributed by atoms with E-state index in [1.54, 1.807) is 37.8 Å². The largest absolute Gasteiger partial charge is 0.480 e. The number of carbonyl (C=O) groups is 6. The first-order chi connectivity index (χ1) is 29.6. The number of piperazine rings is 1. The van der Waals surface area contributed by atoms with Gasteiger partial charge in [0, 0.05) is 109 Å². The second-order valence-corrected chi connectivity index (χ2v) is 15.8. The number of hydrogen-bond acceptors (Lipinski definition) is 14. The molecule has 4 heterocycles. The number of nitriles is 1. The fourth-order valence-electron chi connectivity index (χ4n) is 7.83. The van der Waals surface area contributed by atoms with Crippen molar-refractivity contribution in [3.05, 3.63) is 36.0 Å². The van der Waals surface area contributed by atoms with Gasteiger partial charge in [-0.15, -0.1) is 0 Å². The SMILES string of the molecule is N#C[C@@H]1CC(F)(F)CN1C(=O)CNC(=O)c1ccnc2ccc(NCCCN3CCN(C(=O)CN4CCN(CC(=O)O)CCN(CC(=O)O)CCN(CC(=O)O)CC4)CC3)cc12. The standard InChI is InChI=1S/C40H55F2N11O9/c41-40(42)21-30(22-43)53(28-40)34(54)23-46-39(62)31-4-6-45-33-3-2-29(20-32(31)33)44-5-1-7-47-16-18-52(19-17-47)35(55)24-48-8-10-49(25-36(56)57)12-14-51(27-38(60)61)15-13-50(11-9-48)26-37(58)59/h2-4,6,20,30,44H,1,5,7-19,21,23-28H2,(H,46,62)(H,56,57)(H,58,59)(H,60,61)/t30-/m0/s1. The first kappa shape index (κ1) is 47.4. The summed E-state index contributed by atoms with van der Waals surface area (Å²) in [5.74, 6) is -7.66. The molecule has 5 rings (SSSR count). The maximum absolute atomic E-state index is 13.8. The summed E-state index contributed by atoms with van der Waals surface area (Å²) in [6, 6.07) is 7.33. The number of halogens is 2. The molecule has 20 nitrogen and oxygen atoms in total. The van der Waals surface area contributed by atoms with Crippen LogP contribution in [0.25, 0.3) is 10.9 Å². The van der Waals surface area contributed by atoms with E-state index in [2.05, 4.69) is 20.5 Å². The molecule has 3 fully saturated rings. The van der Waals surface area contributed by atoms with Crippen LogP contribution < -0.4 is 10.6 Å². The Morgan fingerprint density at radius 2 is 1.27 bits per heavy atom. The van der Waals surface area contributed by atoms with E-state index in [9.17, 15) is 58.1 Å². The zero-order chi connectivity index (χ0) is 44.8. The average molecular weight is 872 g/mol. The maximum atomic E-state index is 13.8. The zero-order valence-corrected chi connectivity index (χ0v) is 34.6. The second kappa shape index (κ2) is 22.5. The molecule has 0 saturated carbocycles. The number of nitrogens with one attached hydrogen (secondary N) is 2. The van der Waals surface area contributed by atoms with Crippen molar-refractivity contribution < 1.29 is 52.9 Å². The number of aliphatic carboxylic acids is 3. The summed E-state index contributed by atoms with van der Waals surface area (Å²) in [6.07, 6.45) is 1.49.